The summed E-state index contributed by atoms with van der Waals surface area (Å²) in [5.41, 5.74) is 7.75. The topological polar surface area (TPSA) is 64.9 Å². The van der Waals surface area contributed by atoms with Gasteiger partial charge in [-0.2, -0.15) is 4.98 Å². The van der Waals surface area contributed by atoms with E-state index in [2.05, 4.69) is 26.1 Å². The number of nitrogens with two attached hydrogens (primary N) is 1. The number of hydrogen-bond donors (Lipinski definition) is 1. The summed E-state index contributed by atoms with van der Waals surface area (Å²) in [6.45, 7) is 3.93. The molecule has 2 N–H and O–H groups in total. The number of aryl methyl sites for hydroxylation is 1. The number of benzene rings is 1. The van der Waals surface area contributed by atoms with Crippen molar-refractivity contribution in [3.63, 3.8) is 0 Å². The van der Waals surface area contributed by atoms with Gasteiger partial charge in [-0.3, -0.25) is 0 Å². The molecule has 2 aromatic rings. The summed E-state index contributed by atoms with van der Waals surface area (Å²) in [4.78, 5) is 4.34. The molecule has 1 aromatic heterocycles. The van der Waals surface area contributed by atoms with Crippen LogP contribution in [0.25, 0.3) is 11.5 Å². The highest BCUT2D eigenvalue weighted by atomic mass is 79.9. The van der Waals surface area contributed by atoms with Crippen molar-refractivity contribution in [2.45, 2.75) is 26.3 Å². The summed E-state index contributed by atoms with van der Waals surface area (Å²) in [7, 11) is 0. The molecule has 1 aromatic carbocycles. The second kappa shape index (κ2) is 4.98. The van der Waals surface area contributed by atoms with Gasteiger partial charge < -0.3 is 10.3 Å². The molecule has 0 spiro atoms. The van der Waals surface area contributed by atoms with Crippen molar-refractivity contribution in [2.24, 2.45) is 5.73 Å². The lowest BCUT2D eigenvalue weighted by atomic mass is 10.1. The van der Waals surface area contributed by atoms with Crippen molar-refractivity contribution in [3.8, 4) is 11.5 Å². The van der Waals surface area contributed by atoms with Crippen LogP contribution in [0.3, 0.4) is 0 Å². The van der Waals surface area contributed by atoms with Crippen LogP contribution in [0.1, 0.15) is 18.3 Å². The first-order valence-corrected chi connectivity index (χ1v) is 6.20. The quantitative estimate of drug-likeness (QED) is 0.945. The molecular formula is C12H14BrN3O. The highest BCUT2D eigenvalue weighted by molar-refractivity contribution is 9.10. The zero-order chi connectivity index (χ0) is 12.4. The van der Waals surface area contributed by atoms with Crippen LogP contribution >= 0.6 is 15.9 Å². The first-order valence-electron chi connectivity index (χ1n) is 5.41. The third-order valence-corrected chi connectivity index (χ3v) is 2.90. The minimum absolute atomic E-state index is 0.0315. The predicted octanol–water partition coefficient (Wildman–Crippen LogP) is 2.70. The molecule has 1 unspecified atom stereocenters. The van der Waals surface area contributed by atoms with E-state index in [1.54, 1.807) is 0 Å². The van der Waals surface area contributed by atoms with Crippen molar-refractivity contribution in [2.75, 3.05) is 0 Å². The Kier molecular flexibility index (Phi) is 3.59. The van der Waals surface area contributed by atoms with Crippen molar-refractivity contribution in [3.05, 3.63) is 34.1 Å². The lowest BCUT2D eigenvalue weighted by Crippen LogP contribution is -2.18. The van der Waals surface area contributed by atoms with Crippen molar-refractivity contribution in [1.82, 2.24) is 10.1 Å². The van der Waals surface area contributed by atoms with Gasteiger partial charge in [-0.25, -0.2) is 0 Å². The summed E-state index contributed by atoms with van der Waals surface area (Å²) in [6, 6.07) is 6.00. The molecule has 4 nitrogen and oxygen atoms in total. The molecule has 0 aliphatic heterocycles. The second-order valence-electron chi connectivity index (χ2n) is 4.16. The number of aromatic nitrogens is 2. The Morgan fingerprint density at radius 2 is 2.24 bits per heavy atom. The number of nitrogens with zero attached hydrogens (tertiary/aromatic N) is 2. The van der Waals surface area contributed by atoms with Crippen LogP contribution in [0.4, 0.5) is 0 Å². The van der Waals surface area contributed by atoms with Crippen LogP contribution in [0, 0.1) is 6.92 Å². The number of hydrogen-bond acceptors (Lipinski definition) is 4. The standard InChI is InChI=1S/C12H14BrN3O/c1-7-3-4-9(13)6-10(7)12-15-11(16-17-12)5-8(2)14/h3-4,6,8H,5,14H2,1-2H3. The molecule has 0 amide bonds. The molecule has 90 valence electrons. The molecule has 0 fully saturated rings. The fraction of sp³-hybridized carbons (Fsp3) is 0.333. The van der Waals surface area contributed by atoms with Crippen molar-refractivity contribution < 1.29 is 4.52 Å². The first kappa shape index (κ1) is 12.3. The van der Waals surface area contributed by atoms with Gasteiger partial charge in [-0.15, -0.1) is 0 Å². The van der Waals surface area contributed by atoms with Gasteiger partial charge in [0.25, 0.3) is 5.89 Å². The fourth-order valence-electron chi connectivity index (χ4n) is 1.56. The van der Waals surface area contributed by atoms with E-state index in [1.165, 1.54) is 0 Å². The maximum absolute atomic E-state index is 5.70. The molecule has 17 heavy (non-hydrogen) atoms. The van der Waals surface area contributed by atoms with Gasteiger partial charge in [0.05, 0.1) is 0 Å². The maximum Gasteiger partial charge on any atom is 0.258 e. The summed E-state index contributed by atoms with van der Waals surface area (Å²) >= 11 is 3.43. The monoisotopic (exact) mass is 295 g/mol. The molecule has 0 bridgehead atoms. The molecule has 1 heterocycles. The summed E-state index contributed by atoms with van der Waals surface area (Å²) in [6.07, 6.45) is 0.622. The Labute approximate surface area is 108 Å². The molecule has 0 radical (unpaired) electrons. The normalized spacial score (nSPS) is 12.7. The SMILES string of the molecule is Cc1ccc(Br)cc1-c1nc(CC(C)N)no1. The number of halogens is 1. The van der Waals surface area contributed by atoms with E-state index in [-0.39, 0.29) is 6.04 Å². The largest absolute Gasteiger partial charge is 0.334 e. The second-order valence-corrected chi connectivity index (χ2v) is 5.07. The average molecular weight is 296 g/mol. The molecule has 0 aliphatic carbocycles. The highest BCUT2D eigenvalue weighted by Gasteiger charge is 2.12. The summed E-state index contributed by atoms with van der Waals surface area (Å²) < 4.78 is 6.24. The van der Waals surface area contributed by atoms with Crippen LogP contribution < -0.4 is 5.73 Å². The third-order valence-electron chi connectivity index (χ3n) is 2.40. The minimum atomic E-state index is 0.0315. The summed E-state index contributed by atoms with van der Waals surface area (Å²) in [5.74, 6) is 1.19. The molecule has 5 heteroatoms. The van der Waals surface area contributed by atoms with Crippen LogP contribution in [-0.4, -0.2) is 16.2 Å². The Morgan fingerprint density at radius 1 is 1.47 bits per heavy atom. The minimum Gasteiger partial charge on any atom is -0.334 e. The van der Waals surface area contributed by atoms with Crippen LogP contribution in [0.2, 0.25) is 0 Å². The molecule has 1 atom stereocenters. The zero-order valence-corrected chi connectivity index (χ0v) is 11.4. The fourth-order valence-corrected chi connectivity index (χ4v) is 1.92. The van der Waals surface area contributed by atoms with Gasteiger partial charge in [0.1, 0.15) is 0 Å². The zero-order valence-electron chi connectivity index (χ0n) is 9.77. The van der Waals surface area contributed by atoms with Gasteiger partial charge in [0, 0.05) is 22.5 Å². The third kappa shape index (κ3) is 2.92. The smallest absolute Gasteiger partial charge is 0.258 e. The van der Waals surface area contributed by atoms with Gasteiger partial charge >= 0.3 is 0 Å². The molecule has 0 saturated carbocycles. The highest BCUT2D eigenvalue weighted by Crippen LogP contribution is 2.25. The first-order chi connectivity index (χ1) is 8.06. The molecular weight excluding hydrogens is 282 g/mol. The molecule has 2 rings (SSSR count). The van der Waals surface area contributed by atoms with Crippen LogP contribution in [0.5, 0.6) is 0 Å². The van der Waals surface area contributed by atoms with E-state index in [0.29, 0.717) is 18.1 Å². The lowest BCUT2D eigenvalue weighted by Gasteiger charge is -2.00. The van der Waals surface area contributed by atoms with E-state index in [9.17, 15) is 0 Å². The predicted molar refractivity (Wildman–Crippen MR) is 69.5 cm³/mol. The van der Waals surface area contributed by atoms with E-state index in [1.807, 2.05) is 32.0 Å². The summed E-state index contributed by atoms with van der Waals surface area (Å²) in [5, 5.41) is 3.92. The molecule has 0 aliphatic rings. The van der Waals surface area contributed by atoms with Crippen molar-refractivity contribution in [1.29, 1.82) is 0 Å². The Hall–Kier alpha value is -1.20. The van der Waals surface area contributed by atoms with Gasteiger partial charge in [0.15, 0.2) is 5.82 Å². The lowest BCUT2D eigenvalue weighted by molar-refractivity contribution is 0.420. The van der Waals surface area contributed by atoms with Crippen LogP contribution in [0.15, 0.2) is 27.2 Å². The van der Waals surface area contributed by atoms with E-state index < -0.39 is 0 Å². The Balaban J connectivity index is 2.33. The Morgan fingerprint density at radius 3 is 2.94 bits per heavy atom. The van der Waals surface area contributed by atoms with Crippen LogP contribution in [-0.2, 0) is 6.42 Å². The maximum atomic E-state index is 5.70. The van der Waals surface area contributed by atoms with Crippen molar-refractivity contribution >= 4 is 15.9 Å². The number of rotatable bonds is 3. The Bertz CT molecular complexity index is 522. The van der Waals surface area contributed by atoms with Gasteiger partial charge in [-0.05, 0) is 31.5 Å². The average Bonchev–Trinajstić information content (AvgIpc) is 2.69. The van der Waals surface area contributed by atoms with Gasteiger partial charge in [0.2, 0.25) is 0 Å². The van der Waals surface area contributed by atoms with Gasteiger partial charge in [-0.1, -0.05) is 27.2 Å². The molecule has 0 saturated heterocycles. The van der Waals surface area contributed by atoms with E-state index >= 15 is 0 Å². The van der Waals surface area contributed by atoms with E-state index in [0.717, 1.165) is 15.6 Å². The van der Waals surface area contributed by atoms with E-state index in [4.69, 9.17) is 10.3 Å².